The molecular formula is C12H12N2. The molecule has 70 valence electrons. The fourth-order valence-corrected chi connectivity index (χ4v) is 1.75. The molecule has 2 rings (SSSR count). The van der Waals surface area contributed by atoms with Gasteiger partial charge in [0.1, 0.15) is 0 Å². The minimum Gasteiger partial charge on any atom is -0.361 e. The SMILES string of the molecule is CC(CC#N)c1c[nH]c2ccccc12. The minimum atomic E-state index is 0.302. The van der Waals surface area contributed by atoms with Gasteiger partial charge in [0, 0.05) is 23.5 Å². The summed E-state index contributed by atoms with van der Waals surface area (Å²) in [6, 6.07) is 10.4. The summed E-state index contributed by atoms with van der Waals surface area (Å²) in [5, 5.41) is 9.88. The second kappa shape index (κ2) is 3.55. The highest BCUT2D eigenvalue weighted by atomic mass is 14.7. The molecule has 2 nitrogen and oxygen atoms in total. The minimum absolute atomic E-state index is 0.302. The van der Waals surface area contributed by atoms with Crippen molar-refractivity contribution in [2.45, 2.75) is 19.3 Å². The molecule has 1 unspecified atom stereocenters. The van der Waals surface area contributed by atoms with E-state index in [1.54, 1.807) is 0 Å². The fourth-order valence-electron chi connectivity index (χ4n) is 1.75. The number of hydrogen-bond acceptors (Lipinski definition) is 1. The van der Waals surface area contributed by atoms with Crippen molar-refractivity contribution in [1.29, 1.82) is 5.26 Å². The van der Waals surface area contributed by atoms with Crippen molar-refractivity contribution < 1.29 is 0 Å². The summed E-state index contributed by atoms with van der Waals surface area (Å²) >= 11 is 0. The number of aromatic amines is 1. The average Bonchev–Trinajstić information content (AvgIpc) is 2.61. The molecule has 2 heteroatoms. The molecule has 0 bridgehead atoms. The number of nitrogens with zero attached hydrogens (tertiary/aromatic N) is 1. The van der Waals surface area contributed by atoms with Gasteiger partial charge in [0.05, 0.1) is 6.07 Å². The second-order valence-corrected chi connectivity index (χ2v) is 3.55. The van der Waals surface area contributed by atoms with Crippen molar-refractivity contribution in [3.8, 4) is 6.07 Å². The van der Waals surface area contributed by atoms with Crippen molar-refractivity contribution >= 4 is 10.9 Å². The first-order chi connectivity index (χ1) is 6.83. The van der Waals surface area contributed by atoms with E-state index in [2.05, 4.69) is 30.1 Å². The zero-order chi connectivity index (χ0) is 9.97. The van der Waals surface area contributed by atoms with Crippen molar-refractivity contribution in [2.24, 2.45) is 0 Å². The van der Waals surface area contributed by atoms with E-state index < -0.39 is 0 Å². The lowest BCUT2D eigenvalue weighted by atomic mass is 9.98. The van der Waals surface area contributed by atoms with Crippen molar-refractivity contribution in [2.75, 3.05) is 0 Å². The van der Waals surface area contributed by atoms with Crippen LogP contribution >= 0.6 is 0 Å². The summed E-state index contributed by atoms with van der Waals surface area (Å²) in [6.07, 6.45) is 2.58. The van der Waals surface area contributed by atoms with Crippen LogP contribution < -0.4 is 0 Å². The molecule has 2 aromatic rings. The van der Waals surface area contributed by atoms with E-state index in [1.807, 2.05) is 18.3 Å². The molecule has 1 atom stereocenters. The normalized spacial score (nSPS) is 12.6. The first-order valence-corrected chi connectivity index (χ1v) is 4.76. The monoisotopic (exact) mass is 184 g/mol. The van der Waals surface area contributed by atoms with Gasteiger partial charge in [-0.1, -0.05) is 25.1 Å². The molecule has 0 amide bonds. The molecule has 14 heavy (non-hydrogen) atoms. The Morgan fingerprint density at radius 2 is 2.21 bits per heavy atom. The van der Waals surface area contributed by atoms with E-state index >= 15 is 0 Å². The van der Waals surface area contributed by atoms with Crippen LogP contribution in [0.2, 0.25) is 0 Å². The maximum Gasteiger partial charge on any atom is 0.0628 e. The molecule has 0 spiro atoms. The van der Waals surface area contributed by atoms with Gasteiger partial charge < -0.3 is 4.98 Å². The van der Waals surface area contributed by atoms with Gasteiger partial charge >= 0.3 is 0 Å². The predicted octanol–water partition coefficient (Wildman–Crippen LogP) is 3.19. The van der Waals surface area contributed by atoms with E-state index in [1.165, 1.54) is 10.9 Å². The third-order valence-electron chi connectivity index (χ3n) is 2.55. The van der Waals surface area contributed by atoms with E-state index in [-0.39, 0.29) is 0 Å². The number of nitriles is 1. The quantitative estimate of drug-likeness (QED) is 0.764. The Hall–Kier alpha value is -1.75. The van der Waals surface area contributed by atoms with Crippen molar-refractivity contribution in [3.63, 3.8) is 0 Å². The van der Waals surface area contributed by atoms with Crippen LogP contribution in [0.5, 0.6) is 0 Å². The number of aromatic nitrogens is 1. The number of H-pyrrole nitrogens is 1. The van der Waals surface area contributed by atoms with Gasteiger partial charge in [-0.2, -0.15) is 5.26 Å². The van der Waals surface area contributed by atoms with Crippen LogP contribution in [-0.4, -0.2) is 4.98 Å². The average molecular weight is 184 g/mol. The van der Waals surface area contributed by atoms with Crippen LogP contribution in [0, 0.1) is 11.3 Å². The Balaban J connectivity index is 2.48. The molecule has 0 saturated carbocycles. The maximum absolute atomic E-state index is 8.65. The Morgan fingerprint density at radius 1 is 1.43 bits per heavy atom. The van der Waals surface area contributed by atoms with Crippen LogP contribution in [0.4, 0.5) is 0 Å². The van der Waals surface area contributed by atoms with Gasteiger partial charge in [-0.25, -0.2) is 0 Å². The third-order valence-corrected chi connectivity index (χ3v) is 2.55. The number of benzene rings is 1. The number of nitrogens with one attached hydrogen (secondary N) is 1. The summed E-state index contributed by atoms with van der Waals surface area (Å²) in [7, 11) is 0. The van der Waals surface area contributed by atoms with Gasteiger partial charge in [0.25, 0.3) is 0 Å². The highest BCUT2D eigenvalue weighted by molar-refractivity contribution is 5.83. The molecule has 0 aliphatic carbocycles. The first-order valence-electron chi connectivity index (χ1n) is 4.76. The molecular weight excluding hydrogens is 172 g/mol. The van der Waals surface area contributed by atoms with Gasteiger partial charge in [0.15, 0.2) is 0 Å². The Kier molecular flexibility index (Phi) is 2.24. The van der Waals surface area contributed by atoms with Crippen LogP contribution in [0.15, 0.2) is 30.5 Å². The largest absolute Gasteiger partial charge is 0.361 e. The number of fused-ring (bicyclic) bond motifs is 1. The third kappa shape index (κ3) is 1.38. The van der Waals surface area contributed by atoms with Crippen LogP contribution in [0.1, 0.15) is 24.8 Å². The van der Waals surface area contributed by atoms with Crippen molar-refractivity contribution in [1.82, 2.24) is 4.98 Å². The Bertz CT molecular complexity index is 476. The molecule has 1 heterocycles. The zero-order valence-electron chi connectivity index (χ0n) is 8.12. The molecule has 0 radical (unpaired) electrons. The summed E-state index contributed by atoms with van der Waals surface area (Å²) in [5.41, 5.74) is 2.38. The van der Waals surface area contributed by atoms with E-state index in [9.17, 15) is 0 Å². The fraction of sp³-hybridized carbons (Fsp3) is 0.250. The molecule has 0 fully saturated rings. The van der Waals surface area contributed by atoms with Gasteiger partial charge in [0.2, 0.25) is 0 Å². The summed E-state index contributed by atoms with van der Waals surface area (Å²) in [5.74, 6) is 0.302. The number of rotatable bonds is 2. The number of para-hydroxylation sites is 1. The summed E-state index contributed by atoms with van der Waals surface area (Å²) < 4.78 is 0. The van der Waals surface area contributed by atoms with Crippen LogP contribution in [0.3, 0.4) is 0 Å². The number of hydrogen-bond donors (Lipinski definition) is 1. The topological polar surface area (TPSA) is 39.6 Å². The molecule has 0 aliphatic heterocycles. The smallest absolute Gasteiger partial charge is 0.0628 e. The predicted molar refractivity (Wildman–Crippen MR) is 56.9 cm³/mol. The molecule has 0 aliphatic rings. The lowest BCUT2D eigenvalue weighted by molar-refractivity contribution is 0.796. The van der Waals surface area contributed by atoms with E-state index in [4.69, 9.17) is 5.26 Å². The summed E-state index contributed by atoms with van der Waals surface area (Å²) in [6.45, 7) is 2.08. The molecule has 1 aromatic carbocycles. The molecule has 1 aromatic heterocycles. The van der Waals surface area contributed by atoms with Gasteiger partial charge in [-0.15, -0.1) is 0 Å². The van der Waals surface area contributed by atoms with E-state index in [0.29, 0.717) is 12.3 Å². The van der Waals surface area contributed by atoms with Crippen molar-refractivity contribution in [3.05, 3.63) is 36.0 Å². The van der Waals surface area contributed by atoms with Gasteiger partial charge in [-0.3, -0.25) is 0 Å². The van der Waals surface area contributed by atoms with Crippen LogP contribution in [-0.2, 0) is 0 Å². The van der Waals surface area contributed by atoms with Crippen LogP contribution in [0.25, 0.3) is 10.9 Å². The standard InChI is InChI=1S/C12H12N2/c1-9(6-7-13)11-8-14-12-5-3-2-4-10(11)12/h2-5,8-9,14H,6H2,1H3. The second-order valence-electron chi connectivity index (χ2n) is 3.55. The lowest BCUT2D eigenvalue weighted by Crippen LogP contribution is -1.89. The Labute approximate surface area is 83.2 Å². The zero-order valence-corrected chi connectivity index (χ0v) is 8.12. The van der Waals surface area contributed by atoms with Gasteiger partial charge in [-0.05, 0) is 17.5 Å². The lowest BCUT2D eigenvalue weighted by Gasteiger charge is -2.04. The maximum atomic E-state index is 8.65. The highest BCUT2D eigenvalue weighted by Gasteiger charge is 2.09. The first kappa shape index (κ1) is 8.83. The molecule has 0 saturated heterocycles. The summed E-state index contributed by atoms with van der Waals surface area (Å²) in [4.78, 5) is 3.22. The highest BCUT2D eigenvalue weighted by Crippen LogP contribution is 2.26. The Morgan fingerprint density at radius 3 is 3.00 bits per heavy atom. The molecule has 1 N–H and O–H groups in total. The van der Waals surface area contributed by atoms with E-state index in [0.717, 1.165) is 5.52 Å².